The molecule has 1 atom stereocenters. The van der Waals surface area contributed by atoms with Crippen LogP contribution in [0.25, 0.3) is 0 Å². The van der Waals surface area contributed by atoms with Gasteiger partial charge in [-0.1, -0.05) is 162 Å². The van der Waals surface area contributed by atoms with Crippen LogP contribution in [0.4, 0.5) is 0 Å². The fraction of sp³-hybridized carbons (Fsp3) is 0.958. The minimum atomic E-state index is -0.293. The lowest BCUT2D eigenvalue weighted by atomic mass is 10.0. The Labute approximate surface area is 343 Å². The van der Waals surface area contributed by atoms with Crippen LogP contribution >= 0.6 is 0 Å². The highest BCUT2D eigenvalue weighted by Crippen LogP contribution is 2.19. The first kappa shape index (κ1) is 53.8. The Morgan fingerprint density at radius 3 is 1.35 bits per heavy atom. The number of carbonyl (C=O) groups is 2. The molecule has 7 nitrogen and oxygen atoms in total. The number of carbonyl (C=O) groups excluding carboxylic acids is 2. The summed E-state index contributed by atoms with van der Waals surface area (Å²) in [7, 11) is 4.03. The largest absolute Gasteiger partial charge is 0.466 e. The van der Waals surface area contributed by atoms with Crippen molar-refractivity contribution >= 4 is 11.9 Å². The number of nitrogens with zero attached hydrogens (tertiary/aromatic N) is 2. The maximum Gasteiger partial charge on any atom is 0.306 e. The van der Waals surface area contributed by atoms with Crippen molar-refractivity contribution < 1.29 is 24.2 Å². The zero-order valence-electron chi connectivity index (χ0n) is 37.7. The molecule has 328 valence electrons. The molecular weight excluding hydrogens is 685 g/mol. The van der Waals surface area contributed by atoms with Crippen molar-refractivity contribution in [2.45, 2.75) is 251 Å². The SMILES string of the molecule is CCCCCCCCCOC(=O)CCCCCCCN(CCCCCCCC(=O)OC(CCCCCCCC)CCCCCCCC)CCC(O)CN(C)C. The molecule has 0 aromatic heterocycles. The number of unbranched alkanes of at least 4 members (excludes halogenated alkanes) is 24. The number of aliphatic hydroxyl groups is 1. The third kappa shape index (κ3) is 40.8. The molecule has 0 fully saturated rings. The second-order valence-corrected chi connectivity index (χ2v) is 17.1. The minimum absolute atomic E-state index is 0.0168. The summed E-state index contributed by atoms with van der Waals surface area (Å²) >= 11 is 0. The van der Waals surface area contributed by atoms with Gasteiger partial charge in [0.1, 0.15) is 6.10 Å². The normalized spacial score (nSPS) is 12.3. The average Bonchev–Trinajstić information content (AvgIpc) is 3.15. The lowest BCUT2D eigenvalue weighted by Gasteiger charge is -2.24. The molecule has 0 aliphatic carbocycles. The Bertz CT molecular complexity index is 793. The summed E-state index contributed by atoms with van der Waals surface area (Å²) < 4.78 is 11.5. The zero-order valence-corrected chi connectivity index (χ0v) is 37.7. The van der Waals surface area contributed by atoms with E-state index in [1.165, 1.54) is 128 Å². The molecule has 7 heteroatoms. The average molecular weight is 781 g/mol. The van der Waals surface area contributed by atoms with Gasteiger partial charge in [-0.15, -0.1) is 0 Å². The van der Waals surface area contributed by atoms with Crippen LogP contribution in [0, 0.1) is 0 Å². The van der Waals surface area contributed by atoms with E-state index in [0.717, 1.165) is 96.7 Å². The fourth-order valence-electron chi connectivity index (χ4n) is 7.58. The number of esters is 2. The fourth-order valence-corrected chi connectivity index (χ4v) is 7.58. The molecule has 0 spiro atoms. The summed E-state index contributed by atoms with van der Waals surface area (Å²) in [6.07, 6.45) is 38.8. The van der Waals surface area contributed by atoms with E-state index in [4.69, 9.17) is 9.47 Å². The van der Waals surface area contributed by atoms with Gasteiger partial charge in [0.25, 0.3) is 0 Å². The number of rotatable bonds is 44. The summed E-state index contributed by atoms with van der Waals surface area (Å²) in [5.74, 6) is -0.0113. The van der Waals surface area contributed by atoms with Gasteiger partial charge in [0.05, 0.1) is 12.7 Å². The lowest BCUT2D eigenvalue weighted by Crippen LogP contribution is -2.33. The van der Waals surface area contributed by atoms with Crippen LogP contribution in [0.5, 0.6) is 0 Å². The molecule has 1 N–H and O–H groups in total. The molecule has 0 rings (SSSR count). The van der Waals surface area contributed by atoms with Crippen LogP contribution in [0.15, 0.2) is 0 Å². The summed E-state index contributed by atoms with van der Waals surface area (Å²) in [5.41, 5.74) is 0. The first-order valence-corrected chi connectivity index (χ1v) is 24.2. The summed E-state index contributed by atoms with van der Waals surface area (Å²) in [5, 5.41) is 10.5. The van der Waals surface area contributed by atoms with Gasteiger partial charge in [-0.25, -0.2) is 0 Å². The Morgan fingerprint density at radius 1 is 0.473 bits per heavy atom. The Kier molecular flexibility index (Phi) is 41.5. The highest BCUT2D eigenvalue weighted by Gasteiger charge is 2.15. The highest BCUT2D eigenvalue weighted by atomic mass is 16.5. The number of ether oxygens (including phenoxy) is 2. The van der Waals surface area contributed by atoms with Crippen LogP contribution in [-0.2, 0) is 19.1 Å². The minimum Gasteiger partial charge on any atom is -0.466 e. The number of likely N-dealkylation sites (N-methyl/N-ethyl adjacent to an activating group) is 1. The lowest BCUT2D eigenvalue weighted by molar-refractivity contribution is -0.150. The molecule has 0 aromatic carbocycles. The molecule has 0 aromatic rings. The molecule has 0 saturated heterocycles. The second kappa shape index (κ2) is 42.4. The van der Waals surface area contributed by atoms with Crippen LogP contribution in [0.3, 0.4) is 0 Å². The highest BCUT2D eigenvalue weighted by molar-refractivity contribution is 5.69. The maximum absolute atomic E-state index is 12.8. The van der Waals surface area contributed by atoms with Crippen LogP contribution in [0.1, 0.15) is 239 Å². The first-order chi connectivity index (χ1) is 26.8. The van der Waals surface area contributed by atoms with E-state index in [2.05, 4.69) is 30.6 Å². The molecule has 0 saturated carbocycles. The number of aliphatic hydroxyl groups excluding tert-OH is 1. The Hall–Kier alpha value is -1.18. The van der Waals surface area contributed by atoms with Gasteiger partial charge < -0.3 is 24.4 Å². The number of hydrogen-bond acceptors (Lipinski definition) is 7. The third-order valence-corrected chi connectivity index (χ3v) is 11.1. The summed E-state index contributed by atoms with van der Waals surface area (Å²) in [4.78, 5) is 29.5. The Morgan fingerprint density at radius 2 is 0.873 bits per heavy atom. The van der Waals surface area contributed by atoms with Gasteiger partial charge in [0.15, 0.2) is 0 Å². The van der Waals surface area contributed by atoms with Gasteiger partial charge in [-0.05, 0) is 91.4 Å². The van der Waals surface area contributed by atoms with Crippen molar-refractivity contribution in [1.29, 1.82) is 0 Å². The van der Waals surface area contributed by atoms with Gasteiger partial charge in [0.2, 0.25) is 0 Å². The van der Waals surface area contributed by atoms with E-state index >= 15 is 0 Å². The first-order valence-electron chi connectivity index (χ1n) is 24.2. The van der Waals surface area contributed by atoms with Crippen LogP contribution in [-0.4, -0.2) is 85.9 Å². The molecule has 0 aliphatic rings. The molecule has 1 unspecified atom stereocenters. The molecule has 0 amide bonds. The zero-order chi connectivity index (χ0) is 40.5. The van der Waals surface area contributed by atoms with Crippen LogP contribution < -0.4 is 0 Å². The van der Waals surface area contributed by atoms with Gasteiger partial charge in [-0.3, -0.25) is 9.59 Å². The van der Waals surface area contributed by atoms with E-state index in [-0.39, 0.29) is 24.1 Å². The predicted molar refractivity (Wildman–Crippen MR) is 236 cm³/mol. The van der Waals surface area contributed by atoms with E-state index in [1.807, 2.05) is 14.1 Å². The van der Waals surface area contributed by atoms with Crippen molar-refractivity contribution in [3.8, 4) is 0 Å². The van der Waals surface area contributed by atoms with Crippen molar-refractivity contribution in [2.75, 3.05) is 46.9 Å². The maximum atomic E-state index is 12.8. The molecule has 0 aliphatic heterocycles. The van der Waals surface area contributed by atoms with E-state index in [1.54, 1.807) is 0 Å². The van der Waals surface area contributed by atoms with E-state index in [0.29, 0.717) is 26.0 Å². The van der Waals surface area contributed by atoms with Crippen molar-refractivity contribution in [3.63, 3.8) is 0 Å². The van der Waals surface area contributed by atoms with Crippen molar-refractivity contribution in [3.05, 3.63) is 0 Å². The molecule has 0 heterocycles. The molecule has 0 radical (unpaired) electrons. The number of hydrogen-bond donors (Lipinski definition) is 1. The van der Waals surface area contributed by atoms with Gasteiger partial charge in [0, 0.05) is 25.9 Å². The topological polar surface area (TPSA) is 79.3 Å². The third-order valence-electron chi connectivity index (χ3n) is 11.1. The van der Waals surface area contributed by atoms with Crippen LogP contribution in [0.2, 0.25) is 0 Å². The Balaban J connectivity index is 4.32. The monoisotopic (exact) mass is 781 g/mol. The molecular formula is C48H96N2O5. The molecule has 0 bridgehead atoms. The summed E-state index contributed by atoms with van der Waals surface area (Å²) in [6, 6.07) is 0. The smallest absolute Gasteiger partial charge is 0.306 e. The van der Waals surface area contributed by atoms with Crippen molar-refractivity contribution in [2.24, 2.45) is 0 Å². The summed E-state index contributed by atoms with van der Waals surface area (Å²) in [6.45, 7) is 11.1. The predicted octanol–water partition coefficient (Wildman–Crippen LogP) is 13.0. The standard InChI is InChI=1S/C48H96N2O5/c1-6-9-12-15-18-27-34-43-54-47(52)37-30-23-19-25-32-40-50(42-39-45(51)44-49(4)5)41-33-26-20-24-31-38-48(53)55-46(35-28-21-16-13-10-7-2)36-29-22-17-14-11-8-3/h45-46,51H,6-44H2,1-5H3. The van der Waals surface area contributed by atoms with Crippen molar-refractivity contribution in [1.82, 2.24) is 9.80 Å². The quantitative estimate of drug-likeness (QED) is 0.0487. The second-order valence-electron chi connectivity index (χ2n) is 17.1. The van der Waals surface area contributed by atoms with Gasteiger partial charge in [-0.2, -0.15) is 0 Å². The van der Waals surface area contributed by atoms with E-state index < -0.39 is 0 Å². The van der Waals surface area contributed by atoms with Gasteiger partial charge >= 0.3 is 11.9 Å². The van der Waals surface area contributed by atoms with E-state index in [9.17, 15) is 14.7 Å². The molecule has 55 heavy (non-hydrogen) atoms.